The lowest BCUT2D eigenvalue weighted by Gasteiger charge is -2.07. The maximum absolute atomic E-state index is 5.46. The first kappa shape index (κ1) is 10.1. The molecule has 0 aromatic heterocycles. The molecular weight excluding hydrogens is 192 g/mol. The summed E-state index contributed by atoms with van der Waals surface area (Å²) in [7, 11) is 0. The lowest BCUT2D eigenvalue weighted by molar-refractivity contribution is -0.173. The smallest absolute Gasteiger partial charge is 0.361 e. The van der Waals surface area contributed by atoms with Gasteiger partial charge in [0.25, 0.3) is 0 Å². The molecule has 1 atom stereocenters. The Kier molecular flexibility index (Phi) is 2.92. The molecule has 1 unspecified atom stereocenters. The molecule has 0 spiro atoms. The Morgan fingerprint density at radius 3 is 2.93 bits per heavy atom. The predicted octanol–water partition coefficient (Wildman–Crippen LogP) is 2.51. The lowest BCUT2D eigenvalue weighted by atomic mass is 10.1. The number of allylic oxidation sites excluding steroid dienone is 1. The van der Waals surface area contributed by atoms with Crippen molar-refractivity contribution in [2.75, 3.05) is 6.61 Å². The minimum absolute atomic E-state index is 0.568. The standard InChI is InChI=1S/C12H14O3/c1-3-5-9-6-7-10-11(8-9)15-12(14-10)13-4-2/h3,6-8,12H,1,4-5H2,2H3. The molecule has 0 fully saturated rings. The van der Waals surface area contributed by atoms with Crippen molar-refractivity contribution in [2.24, 2.45) is 0 Å². The van der Waals surface area contributed by atoms with Gasteiger partial charge >= 0.3 is 6.48 Å². The van der Waals surface area contributed by atoms with Crippen LogP contribution in [0, 0.1) is 0 Å². The third-order valence-corrected chi connectivity index (χ3v) is 2.14. The molecule has 0 saturated carbocycles. The van der Waals surface area contributed by atoms with Crippen LogP contribution in [0.5, 0.6) is 11.5 Å². The number of hydrogen-bond donors (Lipinski definition) is 0. The van der Waals surface area contributed by atoms with Crippen LogP contribution in [0.3, 0.4) is 0 Å². The molecule has 0 aliphatic carbocycles. The summed E-state index contributed by atoms with van der Waals surface area (Å²) in [5, 5.41) is 0. The molecule has 1 aromatic rings. The highest BCUT2D eigenvalue weighted by Crippen LogP contribution is 2.35. The number of fused-ring (bicyclic) bond motifs is 1. The van der Waals surface area contributed by atoms with Crippen LogP contribution >= 0.6 is 0 Å². The van der Waals surface area contributed by atoms with Gasteiger partial charge in [0.15, 0.2) is 11.5 Å². The van der Waals surface area contributed by atoms with E-state index in [1.165, 1.54) is 0 Å². The SMILES string of the molecule is C=CCc1ccc2c(c1)OC(OCC)O2. The number of benzene rings is 1. The van der Waals surface area contributed by atoms with Gasteiger partial charge in [-0.3, -0.25) is 0 Å². The fraction of sp³-hybridized carbons (Fsp3) is 0.333. The molecule has 0 amide bonds. The van der Waals surface area contributed by atoms with E-state index in [2.05, 4.69) is 6.58 Å². The van der Waals surface area contributed by atoms with E-state index in [1.54, 1.807) is 0 Å². The van der Waals surface area contributed by atoms with Crippen LogP contribution in [0.15, 0.2) is 30.9 Å². The van der Waals surface area contributed by atoms with Gasteiger partial charge in [0.05, 0.1) is 6.61 Å². The summed E-state index contributed by atoms with van der Waals surface area (Å²) >= 11 is 0. The Morgan fingerprint density at radius 2 is 2.20 bits per heavy atom. The average molecular weight is 206 g/mol. The maximum Gasteiger partial charge on any atom is 0.361 e. The molecule has 3 heteroatoms. The topological polar surface area (TPSA) is 27.7 Å². The van der Waals surface area contributed by atoms with E-state index in [0.717, 1.165) is 23.5 Å². The Labute approximate surface area is 89.3 Å². The zero-order chi connectivity index (χ0) is 10.7. The van der Waals surface area contributed by atoms with Crippen molar-refractivity contribution >= 4 is 0 Å². The number of rotatable bonds is 4. The van der Waals surface area contributed by atoms with E-state index in [1.807, 2.05) is 31.2 Å². The van der Waals surface area contributed by atoms with Crippen LogP contribution in [0.1, 0.15) is 12.5 Å². The van der Waals surface area contributed by atoms with E-state index < -0.39 is 6.48 Å². The van der Waals surface area contributed by atoms with Gasteiger partial charge in [0, 0.05) is 0 Å². The highest BCUT2D eigenvalue weighted by Gasteiger charge is 2.24. The third kappa shape index (κ3) is 2.13. The van der Waals surface area contributed by atoms with E-state index in [0.29, 0.717) is 6.61 Å². The van der Waals surface area contributed by atoms with Gasteiger partial charge in [-0.15, -0.1) is 6.58 Å². The fourth-order valence-electron chi connectivity index (χ4n) is 1.47. The molecule has 1 heterocycles. The third-order valence-electron chi connectivity index (χ3n) is 2.14. The second-order valence-electron chi connectivity index (χ2n) is 3.25. The molecule has 0 bridgehead atoms. The zero-order valence-corrected chi connectivity index (χ0v) is 8.73. The van der Waals surface area contributed by atoms with Crippen LogP contribution in [0.4, 0.5) is 0 Å². The summed E-state index contributed by atoms with van der Waals surface area (Å²) < 4.78 is 16.1. The molecule has 2 rings (SSSR count). The molecule has 80 valence electrons. The minimum Gasteiger partial charge on any atom is -0.428 e. The van der Waals surface area contributed by atoms with Gasteiger partial charge in [-0.25, -0.2) is 0 Å². The molecule has 0 N–H and O–H groups in total. The zero-order valence-electron chi connectivity index (χ0n) is 8.73. The summed E-state index contributed by atoms with van der Waals surface area (Å²) in [5.41, 5.74) is 1.16. The van der Waals surface area contributed by atoms with Gasteiger partial charge in [-0.05, 0) is 31.0 Å². The molecule has 1 aromatic carbocycles. The molecule has 1 aliphatic heterocycles. The second kappa shape index (κ2) is 4.36. The summed E-state index contributed by atoms with van der Waals surface area (Å²) in [6, 6.07) is 5.85. The second-order valence-corrected chi connectivity index (χ2v) is 3.25. The van der Waals surface area contributed by atoms with Crippen LogP contribution in [0.2, 0.25) is 0 Å². The minimum atomic E-state index is -0.594. The highest BCUT2D eigenvalue weighted by molar-refractivity contribution is 5.45. The van der Waals surface area contributed by atoms with Crippen molar-refractivity contribution in [3.05, 3.63) is 36.4 Å². The van der Waals surface area contributed by atoms with Gasteiger partial charge in [0.2, 0.25) is 0 Å². The fourth-order valence-corrected chi connectivity index (χ4v) is 1.47. The van der Waals surface area contributed by atoms with Crippen molar-refractivity contribution in [1.82, 2.24) is 0 Å². The van der Waals surface area contributed by atoms with E-state index in [-0.39, 0.29) is 0 Å². The molecule has 15 heavy (non-hydrogen) atoms. The first-order valence-electron chi connectivity index (χ1n) is 5.02. The van der Waals surface area contributed by atoms with E-state index >= 15 is 0 Å². The Hall–Kier alpha value is -1.48. The molecular formula is C12H14O3. The normalized spacial score (nSPS) is 17.8. The first-order valence-corrected chi connectivity index (χ1v) is 5.02. The average Bonchev–Trinajstić information content (AvgIpc) is 2.60. The van der Waals surface area contributed by atoms with E-state index in [9.17, 15) is 0 Å². The molecule has 3 nitrogen and oxygen atoms in total. The quantitative estimate of drug-likeness (QED) is 0.708. The highest BCUT2D eigenvalue weighted by atomic mass is 16.9. The molecule has 0 radical (unpaired) electrons. The number of ether oxygens (including phenoxy) is 3. The van der Waals surface area contributed by atoms with Gasteiger partial charge < -0.3 is 14.2 Å². The summed E-state index contributed by atoms with van der Waals surface area (Å²) in [4.78, 5) is 0. The van der Waals surface area contributed by atoms with Gasteiger partial charge in [0.1, 0.15) is 0 Å². The summed E-state index contributed by atoms with van der Waals surface area (Å²) in [6.07, 6.45) is 2.69. The lowest BCUT2D eigenvalue weighted by Crippen LogP contribution is -2.21. The Bertz CT molecular complexity index is 360. The Morgan fingerprint density at radius 1 is 1.40 bits per heavy atom. The van der Waals surface area contributed by atoms with E-state index in [4.69, 9.17) is 14.2 Å². The van der Waals surface area contributed by atoms with Gasteiger partial charge in [-0.1, -0.05) is 12.1 Å². The Balaban J connectivity index is 2.12. The van der Waals surface area contributed by atoms with Crippen molar-refractivity contribution < 1.29 is 14.2 Å². The number of hydrogen-bond acceptors (Lipinski definition) is 3. The van der Waals surface area contributed by atoms with Crippen molar-refractivity contribution in [3.63, 3.8) is 0 Å². The first-order chi connectivity index (χ1) is 7.33. The maximum atomic E-state index is 5.46. The van der Waals surface area contributed by atoms with Crippen molar-refractivity contribution in [1.29, 1.82) is 0 Å². The summed E-state index contributed by atoms with van der Waals surface area (Å²) in [6.45, 7) is 5.57. The monoisotopic (exact) mass is 206 g/mol. The van der Waals surface area contributed by atoms with Crippen molar-refractivity contribution in [3.8, 4) is 11.5 Å². The van der Waals surface area contributed by atoms with Crippen LogP contribution in [-0.4, -0.2) is 13.1 Å². The van der Waals surface area contributed by atoms with Crippen LogP contribution in [-0.2, 0) is 11.2 Å². The molecule has 1 aliphatic rings. The molecule has 0 saturated heterocycles. The van der Waals surface area contributed by atoms with Crippen molar-refractivity contribution in [2.45, 2.75) is 19.8 Å². The summed E-state index contributed by atoms with van der Waals surface area (Å²) in [5.74, 6) is 1.48. The van der Waals surface area contributed by atoms with Crippen LogP contribution in [0.25, 0.3) is 0 Å². The predicted molar refractivity (Wildman–Crippen MR) is 57.0 cm³/mol. The largest absolute Gasteiger partial charge is 0.428 e. The van der Waals surface area contributed by atoms with Gasteiger partial charge in [-0.2, -0.15) is 0 Å². The van der Waals surface area contributed by atoms with Crippen LogP contribution < -0.4 is 9.47 Å².